The van der Waals surface area contributed by atoms with Crippen molar-refractivity contribution >= 4 is 11.8 Å². The molecule has 4 heteroatoms. The molecule has 1 heterocycles. The van der Waals surface area contributed by atoms with Crippen molar-refractivity contribution in [1.82, 2.24) is 5.32 Å². The highest BCUT2D eigenvalue weighted by Gasteiger charge is 2.24. The van der Waals surface area contributed by atoms with E-state index in [4.69, 9.17) is 9.84 Å². The van der Waals surface area contributed by atoms with Gasteiger partial charge in [-0.15, -0.1) is 0 Å². The number of aliphatic hydroxyl groups is 1. The van der Waals surface area contributed by atoms with Crippen molar-refractivity contribution in [3.8, 4) is 0 Å². The number of rotatable bonds is 7. The second-order valence-electron chi connectivity index (χ2n) is 4.00. The van der Waals surface area contributed by atoms with Crippen LogP contribution in [0.3, 0.4) is 0 Å². The lowest BCUT2D eigenvalue weighted by Gasteiger charge is -2.17. The number of hydrogen-bond donors (Lipinski definition) is 2. The summed E-state index contributed by atoms with van der Waals surface area (Å²) in [5, 5.41) is 13.0. The van der Waals surface area contributed by atoms with Crippen LogP contribution in [0.5, 0.6) is 0 Å². The monoisotopic (exact) mass is 233 g/mol. The summed E-state index contributed by atoms with van der Waals surface area (Å²) < 4.78 is 5.51. The molecule has 2 N–H and O–H groups in total. The lowest BCUT2D eigenvalue weighted by atomic mass is 10.2. The van der Waals surface area contributed by atoms with Gasteiger partial charge in [0.05, 0.1) is 12.7 Å². The van der Waals surface area contributed by atoms with E-state index < -0.39 is 0 Å². The fourth-order valence-corrected chi connectivity index (χ4v) is 3.18. The van der Waals surface area contributed by atoms with Crippen molar-refractivity contribution in [3.05, 3.63) is 0 Å². The van der Waals surface area contributed by atoms with Gasteiger partial charge in [-0.05, 0) is 32.1 Å². The van der Waals surface area contributed by atoms with Crippen LogP contribution in [0.25, 0.3) is 0 Å². The SMILES string of the molecule is CCNC(CO)CCSC1CCOC1C. The summed E-state index contributed by atoms with van der Waals surface area (Å²) in [7, 11) is 0. The minimum Gasteiger partial charge on any atom is -0.395 e. The average molecular weight is 233 g/mol. The number of nitrogens with one attached hydrogen (secondary N) is 1. The van der Waals surface area contributed by atoms with Gasteiger partial charge in [-0.3, -0.25) is 0 Å². The molecule has 0 spiro atoms. The molecule has 0 bridgehead atoms. The molecule has 1 rings (SSSR count). The van der Waals surface area contributed by atoms with Gasteiger partial charge in [0.15, 0.2) is 0 Å². The number of likely N-dealkylation sites (N-methyl/N-ethyl adjacent to an activating group) is 1. The van der Waals surface area contributed by atoms with Crippen LogP contribution in [-0.4, -0.2) is 48.0 Å². The fraction of sp³-hybridized carbons (Fsp3) is 1.00. The molecule has 90 valence electrons. The zero-order chi connectivity index (χ0) is 11.1. The van der Waals surface area contributed by atoms with E-state index in [1.165, 1.54) is 6.42 Å². The van der Waals surface area contributed by atoms with Crippen molar-refractivity contribution in [2.45, 2.75) is 44.1 Å². The maximum atomic E-state index is 9.10. The van der Waals surface area contributed by atoms with Crippen molar-refractivity contribution in [2.24, 2.45) is 0 Å². The van der Waals surface area contributed by atoms with E-state index in [0.717, 1.165) is 25.3 Å². The Balaban J connectivity index is 2.08. The molecule has 0 saturated carbocycles. The minimum absolute atomic E-state index is 0.241. The Kier molecular flexibility index (Phi) is 6.64. The van der Waals surface area contributed by atoms with E-state index in [2.05, 4.69) is 19.2 Å². The predicted octanol–water partition coefficient (Wildman–Crippen LogP) is 1.26. The summed E-state index contributed by atoms with van der Waals surface area (Å²) in [6.45, 7) is 6.31. The first kappa shape index (κ1) is 13.3. The van der Waals surface area contributed by atoms with Crippen LogP contribution in [-0.2, 0) is 4.74 Å². The van der Waals surface area contributed by atoms with E-state index >= 15 is 0 Å². The molecule has 1 aliphatic rings. The topological polar surface area (TPSA) is 41.5 Å². The van der Waals surface area contributed by atoms with E-state index in [1.54, 1.807) is 0 Å². The summed E-state index contributed by atoms with van der Waals surface area (Å²) in [4.78, 5) is 0. The minimum atomic E-state index is 0.241. The fourth-order valence-electron chi connectivity index (χ4n) is 1.84. The van der Waals surface area contributed by atoms with Crippen molar-refractivity contribution in [3.63, 3.8) is 0 Å². The van der Waals surface area contributed by atoms with E-state index in [0.29, 0.717) is 11.4 Å². The van der Waals surface area contributed by atoms with Crippen LogP contribution in [0.4, 0.5) is 0 Å². The molecule has 0 aromatic heterocycles. The predicted molar refractivity (Wildman–Crippen MR) is 65.4 cm³/mol. The van der Waals surface area contributed by atoms with Crippen LogP contribution in [0.1, 0.15) is 26.7 Å². The van der Waals surface area contributed by atoms with Crippen molar-refractivity contribution in [2.75, 3.05) is 25.5 Å². The number of thioether (sulfide) groups is 1. The summed E-state index contributed by atoms with van der Waals surface area (Å²) >= 11 is 1.99. The second kappa shape index (κ2) is 7.49. The molecule has 1 saturated heterocycles. The molecule has 0 amide bonds. The standard InChI is InChI=1S/C11H23NO2S/c1-3-12-10(8-13)5-7-15-11-4-6-14-9(11)2/h9-13H,3-8H2,1-2H3. The van der Waals surface area contributed by atoms with Gasteiger partial charge in [0.25, 0.3) is 0 Å². The van der Waals surface area contributed by atoms with Crippen LogP contribution in [0.15, 0.2) is 0 Å². The normalized spacial score (nSPS) is 28.2. The van der Waals surface area contributed by atoms with E-state index in [9.17, 15) is 0 Å². The maximum Gasteiger partial charge on any atom is 0.0666 e. The highest BCUT2D eigenvalue weighted by Crippen LogP contribution is 2.26. The van der Waals surface area contributed by atoms with E-state index in [-0.39, 0.29) is 12.6 Å². The zero-order valence-electron chi connectivity index (χ0n) is 9.74. The third-order valence-electron chi connectivity index (χ3n) is 2.82. The molecular weight excluding hydrogens is 210 g/mol. The van der Waals surface area contributed by atoms with Crippen LogP contribution in [0, 0.1) is 0 Å². The van der Waals surface area contributed by atoms with Gasteiger partial charge < -0.3 is 15.2 Å². The Morgan fingerprint density at radius 2 is 2.40 bits per heavy atom. The van der Waals surface area contributed by atoms with Crippen LogP contribution in [0.2, 0.25) is 0 Å². The number of aliphatic hydroxyl groups excluding tert-OH is 1. The first-order valence-corrected chi connectivity index (χ1v) is 6.90. The molecule has 3 atom stereocenters. The third kappa shape index (κ3) is 4.72. The van der Waals surface area contributed by atoms with Gasteiger partial charge in [0, 0.05) is 17.9 Å². The Morgan fingerprint density at radius 1 is 1.60 bits per heavy atom. The quantitative estimate of drug-likeness (QED) is 0.694. The Labute approximate surface area is 97.0 Å². The molecule has 15 heavy (non-hydrogen) atoms. The van der Waals surface area contributed by atoms with E-state index in [1.807, 2.05) is 11.8 Å². The largest absolute Gasteiger partial charge is 0.395 e. The number of ether oxygens (including phenoxy) is 1. The first-order chi connectivity index (χ1) is 7.27. The van der Waals surface area contributed by atoms with Crippen molar-refractivity contribution < 1.29 is 9.84 Å². The molecule has 3 unspecified atom stereocenters. The third-order valence-corrected chi connectivity index (χ3v) is 4.34. The van der Waals surface area contributed by atoms with Gasteiger partial charge >= 0.3 is 0 Å². The summed E-state index contributed by atoms with van der Waals surface area (Å²) in [6.07, 6.45) is 2.62. The lowest BCUT2D eigenvalue weighted by Crippen LogP contribution is -2.33. The molecule has 0 radical (unpaired) electrons. The highest BCUT2D eigenvalue weighted by atomic mass is 32.2. The van der Waals surface area contributed by atoms with Gasteiger partial charge in [0.1, 0.15) is 0 Å². The molecule has 3 nitrogen and oxygen atoms in total. The number of hydrogen-bond acceptors (Lipinski definition) is 4. The van der Waals surface area contributed by atoms with Gasteiger partial charge in [-0.25, -0.2) is 0 Å². The Hall–Kier alpha value is 0.230. The smallest absolute Gasteiger partial charge is 0.0666 e. The van der Waals surface area contributed by atoms with Crippen molar-refractivity contribution in [1.29, 1.82) is 0 Å². The Bertz CT molecular complexity index is 169. The first-order valence-electron chi connectivity index (χ1n) is 5.85. The molecular formula is C11H23NO2S. The van der Waals surface area contributed by atoms with Gasteiger partial charge in [-0.1, -0.05) is 6.92 Å². The summed E-state index contributed by atoms with van der Waals surface area (Å²) in [5.74, 6) is 1.11. The van der Waals surface area contributed by atoms with Crippen LogP contribution >= 0.6 is 11.8 Å². The lowest BCUT2D eigenvalue weighted by molar-refractivity contribution is 0.127. The molecule has 1 aliphatic heterocycles. The summed E-state index contributed by atoms with van der Waals surface area (Å²) in [6, 6.07) is 0.264. The molecule has 0 aliphatic carbocycles. The Morgan fingerprint density at radius 3 is 2.93 bits per heavy atom. The van der Waals surface area contributed by atoms with Gasteiger partial charge in [0.2, 0.25) is 0 Å². The maximum absolute atomic E-state index is 9.10. The molecule has 0 aromatic carbocycles. The average Bonchev–Trinajstić information content (AvgIpc) is 2.63. The zero-order valence-corrected chi connectivity index (χ0v) is 10.6. The molecule has 0 aromatic rings. The summed E-state index contributed by atoms with van der Waals surface area (Å²) in [5.41, 5.74) is 0. The van der Waals surface area contributed by atoms with Crippen LogP contribution < -0.4 is 5.32 Å². The second-order valence-corrected chi connectivity index (χ2v) is 5.35. The highest BCUT2D eigenvalue weighted by molar-refractivity contribution is 7.99. The molecule has 1 fully saturated rings. The van der Waals surface area contributed by atoms with Gasteiger partial charge in [-0.2, -0.15) is 11.8 Å².